The summed E-state index contributed by atoms with van der Waals surface area (Å²) in [5, 5.41) is 4.09. The van der Waals surface area contributed by atoms with Crippen molar-refractivity contribution in [1.29, 1.82) is 0 Å². The number of para-hydroxylation sites is 1. The van der Waals surface area contributed by atoms with Gasteiger partial charge in [0.25, 0.3) is 5.65 Å². The van der Waals surface area contributed by atoms with Gasteiger partial charge in [0, 0.05) is 21.7 Å². The summed E-state index contributed by atoms with van der Waals surface area (Å²) in [5.74, 6) is -0.543. The second-order valence-corrected chi connectivity index (χ2v) is 7.41. The standard InChI is InChI=1S/C24H17FN3O/c1-14-9-10-16-17-11-12-20(25)26-23(17)29-22(16)21(14)28-19-8-4-3-6-15(19)18-7-5-13-27(2)24(18)28/h3-13H,1-2H3/q+1. The molecule has 0 aliphatic heterocycles. The van der Waals surface area contributed by atoms with Crippen LogP contribution in [0, 0.1) is 12.9 Å². The molecule has 0 amide bonds. The summed E-state index contributed by atoms with van der Waals surface area (Å²) in [5.41, 5.74) is 5.22. The number of rotatable bonds is 1. The van der Waals surface area contributed by atoms with Crippen molar-refractivity contribution >= 4 is 44.0 Å². The second-order valence-electron chi connectivity index (χ2n) is 7.41. The molecule has 0 aliphatic carbocycles. The Kier molecular flexibility index (Phi) is 3.16. The van der Waals surface area contributed by atoms with Gasteiger partial charge in [-0.1, -0.05) is 18.2 Å². The van der Waals surface area contributed by atoms with Gasteiger partial charge in [0.1, 0.15) is 5.52 Å². The van der Waals surface area contributed by atoms with Gasteiger partial charge in [-0.25, -0.2) is 4.57 Å². The van der Waals surface area contributed by atoms with Gasteiger partial charge >= 0.3 is 0 Å². The van der Waals surface area contributed by atoms with Crippen molar-refractivity contribution in [3.8, 4) is 5.69 Å². The molecule has 0 saturated carbocycles. The molecule has 0 atom stereocenters. The average molecular weight is 382 g/mol. The minimum atomic E-state index is -0.543. The normalized spacial score (nSPS) is 12.0. The first-order valence-corrected chi connectivity index (χ1v) is 9.50. The SMILES string of the molecule is Cc1ccc2c(oc3nc(F)ccc32)c1-n1c2ccccc2c2ccc[n+](C)c21. The van der Waals surface area contributed by atoms with E-state index >= 15 is 0 Å². The zero-order valence-electron chi connectivity index (χ0n) is 16.0. The van der Waals surface area contributed by atoms with Gasteiger partial charge in [-0.3, -0.25) is 0 Å². The highest BCUT2D eigenvalue weighted by atomic mass is 19.1. The summed E-state index contributed by atoms with van der Waals surface area (Å²) < 4.78 is 24.2. The van der Waals surface area contributed by atoms with E-state index in [4.69, 9.17) is 4.42 Å². The van der Waals surface area contributed by atoms with Crippen LogP contribution in [0.5, 0.6) is 0 Å². The number of furan rings is 1. The highest BCUT2D eigenvalue weighted by molar-refractivity contribution is 6.11. The van der Waals surface area contributed by atoms with Gasteiger partial charge in [0.15, 0.2) is 11.3 Å². The molecule has 4 heterocycles. The number of fused-ring (bicyclic) bond motifs is 6. The van der Waals surface area contributed by atoms with E-state index in [9.17, 15) is 4.39 Å². The lowest BCUT2D eigenvalue weighted by molar-refractivity contribution is -0.647. The van der Waals surface area contributed by atoms with Crippen LogP contribution in [0.4, 0.5) is 4.39 Å². The molecule has 4 aromatic heterocycles. The zero-order chi connectivity index (χ0) is 19.7. The van der Waals surface area contributed by atoms with Crippen LogP contribution in [0.15, 0.2) is 71.3 Å². The molecule has 6 rings (SSSR count). The smallest absolute Gasteiger partial charge is 0.295 e. The highest BCUT2D eigenvalue weighted by Crippen LogP contribution is 2.38. The first-order chi connectivity index (χ1) is 14.1. The molecule has 0 saturated heterocycles. The maximum atomic E-state index is 13.7. The van der Waals surface area contributed by atoms with Gasteiger partial charge in [0.05, 0.1) is 18.6 Å². The molecule has 0 spiro atoms. The van der Waals surface area contributed by atoms with Crippen LogP contribution in [-0.4, -0.2) is 9.55 Å². The lowest BCUT2D eigenvalue weighted by atomic mass is 10.1. The molecule has 0 aliphatic rings. The fourth-order valence-corrected chi connectivity index (χ4v) is 4.39. The van der Waals surface area contributed by atoms with Crippen molar-refractivity contribution < 1.29 is 13.4 Å². The zero-order valence-corrected chi connectivity index (χ0v) is 16.0. The van der Waals surface area contributed by atoms with Crippen LogP contribution in [0.25, 0.3) is 49.7 Å². The molecule has 2 aromatic carbocycles. The van der Waals surface area contributed by atoms with E-state index in [1.165, 1.54) is 16.8 Å². The maximum Gasteiger partial charge on any atom is 0.295 e. The molecule has 140 valence electrons. The number of pyridine rings is 2. The topological polar surface area (TPSA) is 34.8 Å². The third kappa shape index (κ3) is 2.12. The predicted molar refractivity (Wildman–Crippen MR) is 112 cm³/mol. The van der Waals surface area contributed by atoms with Crippen molar-refractivity contribution in [3.63, 3.8) is 0 Å². The number of benzene rings is 2. The fraction of sp³-hybridized carbons (Fsp3) is 0.0833. The van der Waals surface area contributed by atoms with E-state index in [1.54, 1.807) is 6.07 Å². The summed E-state index contributed by atoms with van der Waals surface area (Å²) >= 11 is 0. The van der Waals surface area contributed by atoms with Crippen molar-refractivity contribution in [2.75, 3.05) is 0 Å². The van der Waals surface area contributed by atoms with E-state index < -0.39 is 5.95 Å². The minimum Gasteiger partial charge on any atom is -0.433 e. The first-order valence-electron chi connectivity index (χ1n) is 9.50. The molecule has 6 aromatic rings. The van der Waals surface area contributed by atoms with Gasteiger partial charge < -0.3 is 4.42 Å². The number of nitrogens with zero attached hydrogens (tertiary/aromatic N) is 3. The lowest BCUT2D eigenvalue weighted by Gasteiger charge is -2.06. The minimum absolute atomic E-state index is 0.317. The Morgan fingerprint density at radius 2 is 1.69 bits per heavy atom. The summed E-state index contributed by atoms with van der Waals surface area (Å²) in [6.07, 6.45) is 2.04. The largest absolute Gasteiger partial charge is 0.433 e. The molecule has 0 fully saturated rings. The molecular weight excluding hydrogens is 365 g/mol. The molecule has 5 heteroatoms. The summed E-state index contributed by atoms with van der Waals surface area (Å²) in [7, 11) is 2.04. The number of hydrogen-bond donors (Lipinski definition) is 0. The van der Waals surface area contributed by atoms with E-state index in [-0.39, 0.29) is 0 Å². The van der Waals surface area contributed by atoms with Crippen LogP contribution in [0.1, 0.15) is 5.56 Å². The van der Waals surface area contributed by atoms with Crippen LogP contribution < -0.4 is 4.57 Å². The Morgan fingerprint density at radius 3 is 2.59 bits per heavy atom. The van der Waals surface area contributed by atoms with E-state index in [0.29, 0.717) is 11.3 Å². The molecule has 0 N–H and O–H groups in total. The number of hydrogen-bond acceptors (Lipinski definition) is 2. The number of halogens is 1. The van der Waals surface area contributed by atoms with Gasteiger partial charge in [-0.15, -0.1) is 0 Å². The Balaban J connectivity index is 1.87. The quantitative estimate of drug-likeness (QED) is 0.284. The number of aryl methyl sites for hydroxylation is 2. The molecule has 0 radical (unpaired) electrons. The maximum absolute atomic E-state index is 13.7. The van der Waals surface area contributed by atoms with Gasteiger partial charge in [0.2, 0.25) is 11.7 Å². The third-order valence-electron chi connectivity index (χ3n) is 5.67. The third-order valence-corrected chi connectivity index (χ3v) is 5.67. The average Bonchev–Trinajstić information content (AvgIpc) is 3.24. The van der Waals surface area contributed by atoms with Crippen LogP contribution in [0.3, 0.4) is 0 Å². The first kappa shape index (κ1) is 16.2. The lowest BCUT2D eigenvalue weighted by Crippen LogP contribution is -2.30. The molecule has 0 unspecified atom stereocenters. The van der Waals surface area contributed by atoms with E-state index in [2.05, 4.69) is 57.4 Å². The van der Waals surface area contributed by atoms with Crippen molar-refractivity contribution in [3.05, 3.63) is 78.4 Å². The van der Waals surface area contributed by atoms with E-state index in [0.717, 1.165) is 33.2 Å². The Bertz CT molecular complexity index is 1590. The summed E-state index contributed by atoms with van der Waals surface area (Å²) in [4.78, 5) is 3.96. The van der Waals surface area contributed by atoms with Crippen LogP contribution in [0.2, 0.25) is 0 Å². The highest BCUT2D eigenvalue weighted by Gasteiger charge is 2.26. The number of aromatic nitrogens is 3. The van der Waals surface area contributed by atoms with Gasteiger partial charge in [-0.2, -0.15) is 13.9 Å². The Hall–Kier alpha value is -3.73. The van der Waals surface area contributed by atoms with E-state index in [1.807, 2.05) is 25.4 Å². The molecule has 29 heavy (non-hydrogen) atoms. The molecule has 4 nitrogen and oxygen atoms in total. The second kappa shape index (κ2) is 5.64. The van der Waals surface area contributed by atoms with Crippen molar-refractivity contribution in [1.82, 2.24) is 9.55 Å². The molecule has 0 bridgehead atoms. The van der Waals surface area contributed by atoms with Crippen LogP contribution in [-0.2, 0) is 7.05 Å². The van der Waals surface area contributed by atoms with Gasteiger partial charge in [-0.05, 0) is 49.4 Å². The van der Waals surface area contributed by atoms with Crippen molar-refractivity contribution in [2.45, 2.75) is 6.92 Å². The fourth-order valence-electron chi connectivity index (χ4n) is 4.39. The summed E-state index contributed by atoms with van der Waals surface area (Å²) in [6.45, 7) is 2.07. The Morgan fingerprint density at radius 1 is 0.897 bits per heavy atom. The summed E-state index contributed by atoms with van der Waals surface area (Å²) in [6, 6.07) is 19.8. The van der Waals surface area contributed by atoms with Crippen LogP contribution >= 0.6 is 0 Å². The predicted octanol–water partition coefficient (Wildman–Crippen LogP) is 5.35. The monoisotopic (exact) mass is 382 g/mol. The Labute approximate surface area is 165 Å². The van der Waals surface area contributed by atoms with Crippen molar-refractivity contribution in [2.24, 2.45) is 7.05 Å². The molecular formula is C24H17FN3O+.